The van der Waals surface area contributed by atoms with Crippen LogP contribution in [0.25, 0.3) is 0 Å². The number of ether oxygens (including phenoxy) is 1. The summed E-state index contributed by atoms with van der Waals surface area (Å²) in [6, 6.07) is 13.5. The summed E-state index contributed by atoms with van der Waals surface area (Å²) in [5.74, 6) is -0.0560. The van der Waals surface area contributed by atoms with Crippen LogP contribution in [-0.4, -0.2) is 18.1 Å². The second kappa shape index (κ2) is 6.44. The number of methoxy groups -OCH3 is 1. The highest BCUT2D eigenvalue weighted by Crippen LogP contribution is 2.26. The van der Waals surface area contributed by atoms with Crippen LogP contribution in [0.1, 0.15) is 21.5 Å². The Bertz CT molecular complexity index is 688. The highest BCUT2D eigenvalue weighted by Gasteiger charge is 2.09. The molecule has 5 heteroatoms. The minimum atomic E-state index is -0.294. The molecule has 1 amide bonds. The highest BCUT2D eigenvalue weighted by molar-refractivity contribution is 5.94. The monoisotopic (exact) mass is 282 g/mol. The number of phenolic OH excluding ortho intramolecular Hbond substituents is 1. The zero-order valence-corrected chi connectivity index (χ0v) is 11.5. The molecule has 2 aromatic rings. The average molecular weight is 282 g/mol. The van der Waals surface area contributed by atoms with Crippen LogP contribution in [0.4, 0.5) is 0 Å². The molecule has 2 N–H and O–H groups in total. The Morgan fingerprint density at radius 2 is 2.00 bits per heavy atom. The summed E-state index contributed by atoms with van der Waals surface area (Å²) in [5.41, 5.74) is 1.81. The molecule has 0 bridgehead atoms. The summed E-state index contributed by atoms with van der Waals surface area (Å²) in [7, 11) is 1.44. The number of carbonyl (C=O) groups excluding carboxylic acids is 1. The van der Waals surface area contributed by atoms with Gasteiger partial charge in [-0.25, -0.2) is 0 Å². The Balaban J connectivity index is 2.01. The fraction of sp³-hybridized carbons (Fsp3) is 0.125. The van der Waals surface area contributed by atoms with E-state index in [1.807, 2.05) is 6.07 Å². The number of hydrogen-bond donors (Lipinski definition) is 2. The van der Waals surface area contributed by atoms with Gasteiger partial charge in [-0.1, -0.05) is 12.1 Å². The number of carbonyl (C=O) groups is 1. The van der Waals surface area contributed by atoms with Gasteiger partial charge >= 0.3 is 0 Å². The van der Waals surface area contributed by atoms with Crippen LogP contribution in [-0.2, 0) is 6.54 Å². The molecule has 0 unspecified atom stereocenters. The van der Waals surface area contributed by atoms with Crippen molar-refractivity contribution in [2.45, 2.75) is 6.54 Å². The van der Waals surface area contributed by atoms with Crippen molar-refractivity contribution in [2.24, 2.45) is 0 Å². The number of benzene rings is 2. The second-order valence-corrected chi connectivity index (χ2v) is 4.38. The van der Waals surface area contributed by atoms with Crippen molar-refractivity contribution in [2.75, 3.05) is 7.11 Å². The molecule has 0 aliphatic rings. The summed E-state index contributed by atoms with van der Waals surface area (Å²) >= 11 is 0. The Hall–Kier alpha value is -3.00. The molecule has 0 fully saturated rings. The number of hydrogen-bond acceptors (Lipinski definition) is 4. The van der Waals surface area contributed by atoms with Gasteiger partial charge in [-0.15, -0.1) is 0 Å². The van der Waals surface area contributed by atoms with E-state index in [0.717, 1.165) is 5.56 Å². The van der Waals surface area contributed by atoms with Crippen molar-refractivity contribution in [1.82, 2.24) is 5.32 Å². The summed E-state index contributed by atoms with van der Waals surface area (Å²) in [5, 5.41) is 21.1. The van der Waals surface area contributed by atoms with Crippen molar-refractivity contribution < 1.29 is 14.6 Å². The normalized spacial score (nSPS) is 9.71. The summed E-state index contributed by atoms with van der Waals surface area (Å²) < 4.78 is 4.92. The molecule has 21 heavy (non-hydrogen) atoms. The van der Waals surface area contributed by atoms with Crippen LogP contribution < -0.4 is 10.1 Å². The molecule has 0 saturated heterocycles. The van der Waals surface area contributed by atoms with Gasteiger partial charge in [-0.05, 0) is 35.9 Å². The van der Waals surface area contributed by atoms with Crippen molar-refractivity contribution >= 4 is 5.91 Å². The Morgan fingerprint density at radius 3 is 2.57 bits per heavy atom. The molecule has 0 spiro atoms. The third kappa shape index (κ3) is 3.51. The predicted octanol–water partition coefficient (Wildman–Crippen LogP) is 2.20. The maximum Gasteiger partial charge on any atom is 0.251 e. The van der Waals surface area contributed by atoms with E-state index < -0.39 is 0 Å². The van der Waals surface area contributed by atoms with Crippen LogP contribution in [0, 0.1) is 11.3 Å². The zero-order chi connectivity index (χ0) is 15.2. The first-order valence-corrected chi connectivity index (χ1v) is 6.28. The number of rotatable bonds is 4. The minimum absolute atomic E-state index is 0.0801. The Kier molecular flexibility index (Phi) is 4.42. The van der Waals surface area contributed by atoms with Gasteiger partial charge in [-0.3, -0.25) is 4.79 Å². The zero-order valence-electron chi connectivity index (χ0n) is 11.5. The number of aromatic hydroxyl groups is 1. The van der Waals surface area contributed by atoms with Crippen molar-refractivity contribution in [3.8, 4) is 17.6 Å². The van der Waals surface area contributed by atoms with Crippen LogP contribution in [0.5, 0.6) is 11.5 Å². The number of phenols is 1. The topological polar surface area (TPSA) is 82.3 Å². The lowest BCUT2D eigenvalue weighted by Gasteiger charge is -2.08. The van der Waals surface area contributed by atoms with Crippen LogP contribution in [0.3, 0.4) is 0 Å². The second-order valence-electron chi connectivity index (χ2n) is 4.38. The summed E-state index contributed by atoms with van der Waals surface area (Å²) in [6.07, 6.45) is 0. The molecule has 0 aromatic heterocycles. The van der Waals surface area contributed by atoms with Gasteiger partial charge in [-0.2, -0.15) is 5.26 Å². The lowest BCUT2D eigenvalue weighted by molar-refractivity contribution is 0.0950. The van der Waals surface area contributed by atoms with Crippen LogP contribution >= 0.6 is 0 Å². The van der Waals surface area contributed by atoms with E-state index in [9.17, 15) is 9.90 Å². The standard InChI is InChI=1S/C16H14N2O3/c1-21-15-7-6-13(8-14(15)19)16(20)18-10-12-4-2-11(9-17)3-5-12/h2-8,19H,10H2,1H3,(H,18,20). The van der Waals surface area contributed by atoms with Gasteiger partial charge < -0.3 is 15.2 Å². The van der Waals surface area contributed by atoms with Crippen LogP contribution in [0.15, 0.2) is 42.5 Å². The maximum atomic E-state index is 12.0. The molecule has 2 aromatic carbocycles. The van der Waals surface area contributed by atoms with E-state index in [1.165, 1.54) is 19.2 Å². The maximum absolute atomic E-state index is 12.0. The third-order valence-corrected chi connectivity index (χ3v) is 2.98. The number of nitrogens with one attached hydrogen (secondary N) is 1. The summed E-state index contributed by atoms with van der Waals surface area (Å²) in [4.78, 5) is 12.0. The number of nitrogens with zero attached hydrogens (tertiary/aromatic N) is 1. The quantitative estimate of drug-likeness (QED) is 0.900. The van der Waals surface area contributed by atoms with Gasteiger partial charge in [0.25, 0.3) is 5.91 Å². The lowest BCUT2D eigenvalue weighted by atomic mass is 10.1. The molecular weight excluding hydrogens is 268 g/mol. The van der Waals surface area contributed by atoms with Gasteiger partial charge in [0, 0.05) is 12.1 Å². The average Bonchev–Trinajstić information content (AvgIpc) is 2.53. The van der Waals surface area contributed by atoms with E-state index in [0.29, 0.717) is 23.4 Å². The molecule has 0 aliphatic carbocycles. The first-order valence-electron chi connectivity index (χ1n) is 6.28. The van der Waals surface area contributed by atoms with Crippen LogP contribution in [0.2, 0.25) is 0 Å². The van der Waals surface area contributed by atoms with E-state index >= 15 is 0 Å². The fourth-order valence-electron chi connectivity index (χ4n) is 1.81. The molecule has 0 atom stereocenters. The van der Waals surface area contributed by atoms with Crippen molar-refractivity contribution in [3.05, 3.63) is 59.2 Å². The van der Waals surface area contributed by atoms with Gasteiger partial charge in [0.15, 0.2) is 11.5 Å². The molecule has 0 aliphatic heterocycles. The molecule has 0 heterocycles. The van der Waals surface area contributed by atoms with Gasteiger partial charge in [0.2, 0.25) is 0 Å². The first-order chi connectivity index (χ1) is 10.1. The SMILES string of the molecule is COc1ccc(C(=O)NCc2ccc(C#N)cc2)cc1O. The van der Waals surface area contributed by atoms with Crippen molar-refractivity contribution in [3.63, 3.8) is 0 Å². The molecular formula is C16H14N2O3. The number of amides is 1. The van der Waals surface area contributed by atoms with E-state index in [-0.39, 0.29) is 11.7 Å². The van der Waals surface area contributed by atoms with E-state index in [1.54, 1.807) is 30.3 Å². The lowest BCUT2D eigenvalue weighted by Crippen LogP contribution is -2.22. The predicted molar refractivity (Wildman–Crippen MR) is 77.0 cm³/mol. The van der Waals surface area contributed by atoms with Gasteiger partial charge in [0.05, 0.1) is 18.7 Å². The highest BCUT2D eigenvalue weighted by atomic mass is 16.5. The summed E-state index contributed by atoms with van der Waals surface area (Å²) in [6.45, 7) is 0.345. The molecule has 2 rings (SSSR count). The minimum Gasteiger partial charge on any atom is -0.504 e. The smallest absolute Gasteiger partial charge is 0.251 e. The molecule has 106 valence electrons. The van der Waals surface area contributed by atoms with E-state index in [4.69, 9.17) is 10.00 Å². The number of nitriles is 1. The molecule has 0 radical (unpaired) electrons. The van der Waals surface area contributed by atoms with Gasteiger partial charge in [0.1, 0.15) is 0 Å². The fourth-order valence-corrected chi connectivity index (χ4v) is 1.81. The third-order valence-electron chi connectivity index (χ3n) is 2.98. The molecule has 0 saturated carbocycles. The largest absolute Gasteiger partial charge is 0.504 e. The Morgan fingerprint density at radius 1 is 1.29 bits per heavy atom. The van der Waals surface area contributed by atoms with E-state index in [2.05, 4.69) is 5.32 Å². The molecule has 5 nitrogen and oxygen atoms in total. The Labute approximate surface area is 122 Å². The van der Waals surface area contributed by atoms with Crippen molar-refractivity contribution in [1.29, 1.82) is 5.26 Å². The first kappa shape index (κ1) is 14.4.